The van der Waals surface area contributed by atoms with Crippen molar-refractivity contribution < 1.29 is 19.4 Å². The van der Waals surface area contributed by atoms with E-state index in [1.807, 2.05) is 54.6 Å². The third-order valence-corrected chi connectivity index (χ3v) is 6.18. The monoisotopic (exact) mass is 449 g/mol. The first-order valence-electron chi connectivity index (χ1n) is 11.1. The van der Waals surface area contributed by atoms with Crippen LogP contribution in [-0.2, 0) is 11.3 Å². The summed E-state index contributed by atoms with van der Waals surface area (Å²) in [6.45, 7) is 0.616. The second-order valence-corrected chi connectivity index (χ2v) is 8.26. The summed E-state index contributed by atoms with van der Waals surface area (Å²) in [6, 6.07) is 30.9. The number of rotatable bonds is 6. The smallest absolute Gasteiger partial charge is 0.407 e. The number of carbonyl (C=O) groups excluding carboxylic acids is 1. The van der Waals surface area contributed by atoms with Gasteiger partial charge in [-0.2, -0.15) is 0 Å². The Bertz CT molecular complexity index is 1320. The van der Waals surface area contributed by atoms with Crippen LogP contribution in [0.4, 0.5) is 4.79 Å². The number of fused-ring (bicyclic) bond motifs is 3. The lowest BCUT2D eigenvalue weighted by molar-refractivity contribution is 0.0697. The Morgan fingerprint density at radius 3 is 2.06 bits per heavy atom. The van der Waals surface area contributed by atoms with Crippen molar-refractivity contribution in [3.63, 3.8) is 0 Å². The second-order valence-electron chi connectivity index (χ2n) is 8.26. The number of aromatic carboxylic acids is 1. The van der Waals surface area contributed by atoms with Crippen LogP contribution in [0.1, 0.15) is 33.0 Å². The first-order chi connectivity index (χ1) is 16.6. The Labute approximate surface area is 197 Å². The summed E-state index contributed by atoms with van der Waals surface area (Å²) in [5.41, 5.74) is 7.66. The predicted molar refractivity (Wildman–Crippen MR) is 131 cm³/mol. The molecule has 0 radical (unpaired) electrons. The maximum Gasteiger partial charge on any atom is 0.407 e. The Morgan fingerprint density at radius 2 is 1.41 bits per heavy atom. The van der Waals surface area contributed by atoms with E-state index >= 15 is 0 Å². The van der Waals surface area contributed by atoms with Gasteiger partial charge in [-0.1, -0.05) is 84.9 Å². The average molecular weight is 450 g/mol. The Morgan fingerprint density at radius 1 is 0.765 bits per heavy atom. The van der Waals surface area contributed by atoms with Crippen LogP contribution >= 0.6 is 0 Å². The second kappa shape index (κ2) is 9.24. The van der Waals surface area contributed by atoms with Crippen LogP contribution in [0.15, 0.2) is 97.1 Å². The molecule has 1 aliphatic carbocycles. The molecule has 0 aromatic heterocycles. The normalized spacial score (nSPS) is 12.0. The summed E-state index contributed by atoms with van der Waals surface area (Å²) < 4.78 is 5.58. The topological polar surface area (TPSA) is 75.6 Å². The highest BCUT2D eigenvalue weighted by atomic mass is 16.5. The van der Waals surface area contributed by atoms with Gasteiger partial charge in [0.25, 0.3) is 0 Å². The number of hydrogen-bond donors (Lipinski definition) is 2. The van der Waals surface area contributed by atoms with Gasteiger partial charge in [-0.3, -0.25) is 0 Å². The SMILES string of the molecule is O=C(NCc1ccc(-c2cccc(C(=O)O)c2)cc1)OCC1c2ccccc2-c2ccccc21. The molecule has 0 spiro atoms. The van der Waals surface area contributed by atoms with E-state index in [4.69, 9.17) is 4.74 Å². The van der Waals surface area contributed by atoms with Crippen LogP contribution in [0.3, 0.4) is 0 Å². The van der Waals surface area contributed by atoms with Gasteiger partial charge in [-0.25, -0.2) is 9.59 Å². The lowest BCUT2D eigenvalue weighted by atomic mass is 9.98. The zero-order valence-corrected chi connectivity index (χ0v) is 18.4. The van der Waals surface area contributed by atoms with Crippen molar-refractivity contribution in [2.24, 2.45) is 0 Å². The van der Waals surface area contributed by atoms with Crippen molar-refractivity contribution in [1.29, 1.82) is 0 Å². The minimum atomic E-state index is -0.953. The lowest BCUT2D eigenvalue weighted by Gasteiger charge is -2.14. The first kappa shape index (κ1) is 21.5. The number of alkyl carbamates (subject to hydrolysis) is 1. The third-order valence-electron chi connectivity index (χ3n) is 6.18. The Kier molecular flexibility index (Phi) is 5.83. The fourth-order valence-electron chi connectivity index (χ4n) is 4.47. The summed E-state index contributed by atoms with van der Waals surface area (Å²) in [5.74, 6) is -0.926. The molecule has 4 aromatic carbocycles. The number of carboxylic acid groups (broad SMARTS) is 1. The maximum absolute atomic E-state index is 12.4. The fraction of sp³-hybridized carbons (Fsp3) is 0.103. The summed E-state index contributed by atoms with van der Waals surface area (Å²) in [7, 11) is 0. The van der Waals surface area contributed by atoms with Gasteiger partial charge >= 0.3 is 12.1 Å². The maximum atomic E-state index is 12.4. The number of carboxylic acids is 1. The minimum Gasteiger partial charge on any atom is -0.478 e. The highest BCUT2D eigenvalue weighted by molar-refractivity contribution is 5.89. The largest absolute Gasteiger partial charge is 0.478 e. The highest BCUT2D eigenvalue weighted by Crippen LogP contribution is 2.44. The molecule has 1 aliphatic rings. The van der Waals surface area contributed by atoms with Crippen LogP contribution in [0.25, 0.3) is 22.3 Å². The zero-order valence-electron chi connectivity index (χ0n) is 18.4. The van der Waals surface area contributed by atoms with Crippen molar-refractivity contribution in [3.05, 3.63) is 119 Å². The molecule has 4 aromatic rings. The molecule has 5 rings (SSSR count). The first-order valence-corrected chi connectivity index (χ1v) is 11.1. The van der Waals surface area contributed by atoms with E-state index in [0.29, 0.717) is 6.54 Å². The number of carbonyl (C=O) groups is 2. The molecular weight excluding hydrogens is 426 g/mol. The highest BCUT2D eigenvalue weighted by Gasteiger charge is 2.28. The van der Waals surface area contributed by atoms with Crippen molar-refractivity contribution in [2.45, 2.75) is 12.5 Å². The lowest BCUT2D eigenvalue weighted by Crippen LogP contribution is -2.25. The van der Waals surface area contributed by atoms with Crippen LogP contribution < -0.4 is 5.32 Å². The molecule has 1 amide bonds. The molecule has 5 nitrogen and oxygen atoms in total. The van der Waals surface area contributed by atoms with E-state index in [9.17, 15) is 14.7 Å². The molecule has 34 heavy (non-hydrogen) atoms. The predicted octanol–water partition coefficient (Wildman–Crippen LogP) is 6.09. The van der Waals surface area contributed by atoms with Gasteiger partial charge in [0.15, 0.2) is 0 Å². The van der Waals surface area contributed by atoms with Gasteiger partial charge in [0.1, 0.15) is 6.61 Å². The fourth-order valence-corrected chi connectivity index (χ4v) is 4.47. The number of hydrogen-bond acceptors (Lipinski definition) is 3. The minimum absolute atomic E-state index is 0.0269. The van der Waals surface area contributed by atoms with Gasteiger partial charge in [-0.05, 0) is 51.1 Å². The molecule has 0 aliphatic heterocycles. The van der Waals surface area contributed by atoms with Crippen LogP contribution in [0, 0.1) is 0 Å². The van der Waals surface area contributed by atoms with Gasteiger partial charge in [0.05, 0.1) is 5.56 Å². The third kappa shape index (κ3) is 4.28. The van der Waals surface area contributed by atoms with Crippen LogP contribution in [0.2, 0.25) is 0 Å². The molecular formula is C29H23NO4. The van der Waals surface area contributed by atoms with Crippen molar-refractivity contribution in [1.82, 2.24) is 5.32 Å². The van der Waals surface area contributed by atoms with Gasteiger partial charge < -0.3 is 15.2 Å². The molecule has 0 atom stereocenters. The quantitative estimate of drug-likeness (QED) is 0.373. The molecule has 0 saturated carbocycles. The molecule has 2 N–H and O–H groups in total. The van der Waals surface area contributed by atoms with E-state index in [1.165, 1.54) is 22.3 Å². The molecule has 5 heteroatoms. The molecule has 0 heterocycles. The summed E-state index contributed by atoms with van der Waals surface area (Å²) in [6.07, 6.45) is -0.458. The standard InChI is InChI=1S/C29H23NO4/c31-28(32)22-7-5-6-21(16-22)20-14-12-19(13-15-20)17-30-29(33)34-18-27-25-10-3-1-8-23(25)24-9-2-4-11-26(24)27/h1-16,27H,17-18H2,(H,30,33)(H,31,32). The number of amides is 1. The van der Waals surface area contributed by atoms with E-state index < -0.39 is 12.1 Å². The van der Waals surface area contributed by atoms with Crippen molar-refractivity contribution in [3.8, 4) is 22.3 Å². The molecule has 0 fully saturated rings. The molecule has 0 unspecified atom stereocenters. The molecule has 0 bridgehead atoms. The summed E-state index contributed by atoms with van der Waals surface area (Å²) in [4.78, 5) is 23.6. The van der Waals surface area contributed by atoms with Gasteiger partial charge in [-0.15, -0.1) is 0 Å². The van der Waals surface area contributed by atoms with E-state index in [0.717, 1.165) is 16.7 Å². The van der Waals surface area contributed by atoms with Crippen LogP contribution in [-0.4, -0.2) is 23.8 Å². The zero-order chi connectivity index (χ0) is 23.5. The number of ether oxygens (including phenoxy) is 1. The van der Waals surface area contributed by atoms with Crippen molar-refractivity contribution >= 4 is 12.1 Å². The Balaban J connectivity index is 1.19. The average Bonchev–Trinajstić information content (AvgIpc) is 3.20. The number of benzene rings is 4. The molecule has 0 saturated heterocycles. The van der Waals surface area contributed by atoms with Gasteiger partial charge in [0, 0.05) is 12.5 Å². The van der Waals surface area contributed by atoms with E-state index in [-0.39, 0.29) is 18.1 Å². The molecule has 168 valence electrons. The van der Waals surface area contributed by atoms with Crippen molar-refractivity contribution in [2.75, 3.05) is 6.61 Å². The Hall–Kier alpha value is -4.38. The van der Waals surface area contributed by atoms with E-state index in [2.05, 4.69) is 29.6 Å². The van der Waals surface area contributed by atoms with E-state index in [1.54, 1.807) is 18.2 Å². The van der Waals surface area contributed by atoms with Crippen LogP contribution in [0.5, 0.6) is 0 Å². The summed E-state index contributed by atoms with van der Waals surface area (Å²) in [5, 5.41) is 12.0. The number of nitrogens with one attached hydrogen (secondary N) is 1. The summed E-state index contributed by atoms with van der Waals surface area (Å²) >= 11 is 0. The van der Waals surface area contributed by atoms with Gasteiger partial charge in [0.2, 0.25) is 0 Å².